The topological polar surface area (TPSA) is 66.4 Å². The van der Waals surface area contributed by atoms with E-state index in [4.69, 9.17) is 9.84 Å². The summed E-state index contributed by atoms with van der Waals surface area (Å²) >= 11 is 0. The van der Waals surface area contributed by atoms with Gasteiger partial charge in [0, 0.05) is 0 Å². The molecule has 1 rings (SSSR count). The average molecular weight is 181 g/mol. The Hall–Kier alpha value is -1.71. The minimum absolute atomic E-state index is 0.140. The number of rotatable bonds is 3. The second-order valence-corrected chi connectivity index (χ2v) is 2.56. The monoisotopic (exact) mass is 181 g/mol. The maximum atomic E-state index is 11.1. The second kappa shape index (κ2) is 3.80. The number of aliphatic carboxylic acids is 1. The first-order valence-corrected chi connectivity index (χ1v) is 3.69. The highest BCUT2D eigenvalue weighted by Gasteiger charge is 2.06. The lowest BCUT2D eigenvalue weighted by Gasteiger charge is -2.02. The van der Waals surface area contributed by atoms with Gasteiger partial charge in [0.05, 0.1) is 13.5 Å². The molecule has 1 radical (unpaired) electrons. The zero-order chi connectivity index (χ0) is 9.84. The molecule has 0 aliphatic heterocycles. The largest absolute Gasteiger partial charge is 0.493 e. The van der Waals surface area contributed by atoms with Crippen LogP contribution < -0.4 is 4.74 Å². The highest BCUT2D eigenvalue weighted by molar-refractivity contribution is 5.70. The Balaban J connectivity index is 2.89. The number of benzene rings is 1. The van der Waals surface area contributed by atoms with Gasteiger partial charge >= 0.3 is 5.97 Å². The van der Waals surface area contributed by atoms with Crippen molar-refractivity contribution in [3.05, 3.63) is 23.8 Å². The second-order valence-electron chi connectivity index (χ2n) is 2.56. The molecule has 0 saturated carbocycles. The van der Waals surface area contributed by atoms with Crippen molar-refractivity contribution in [2.75, 3.05) is 7.11 Å². The molecule has 0 aliphatic rings. The molecule has 1 aromatic rings. The summed E-state index contributed by atoms with van der Waals surface area (Å²) in [6.07, 6.45) is -0.140. The Morgan fingerprint density at radius 3 is 2.69 bits per heavy atom. The lowest BCUT2D eigenvalue weighted by Crippen LogP contribution is -1.99. The molecular formula is C9H9O4. The summed E-state index contributed by atoms with van der Waals surface area (Å²) in [7, 11) is 1.40. The number of carbonyl (C=O) groups is 1. The van der Waals surface area contributed by atoms with Gasteiger partial charge < -0.3 is 9.84 Å². The van der Waals surface area contributed by atoms with E-state index in [0.717, 1.165) is 0 Å². The van der Waals surface area contributed by atoms with Crippen LogP contribution in [0.15, 0.2) is 18.2 Å². The summed E-state index contributed by atoms with van der Waals surface area (Å²) in [5.41, 5.74) is 0.485. The first-order valence-electron chi connectivity index (χ1n) is 3.69. The number of ether oxygens (including phenoxy) is 1. The lowest BCUT2D eigenvalue weighted by molar-refractivity contribution is -0.136. The number of carboxylic acid groups (broad SMARTS) is 1. The number of carboxylic acids is 1. The van der Waals surface area contributed by atoms with Crippen LogP contribution in [0, 0.1) is 0 Å². The molecule has 1 aromatic carbocycles. The van der Waals surface area contributed by atoms with Crippen LogP contribution in [0.2, 0.25) is 0 Å². The summed E-state index contributed by atoms with van der Waals surface area (Å²) < 4.78 is 4.75. The van der Waals surface area contributed by atoms with Gasteiger partial charge in [-0.25, -0.2) is 0 Å². The molecule has 0 heterocycles. The maximum Gasteiger partial charge on any atom is 0.307 e. The maximum absolute atomic E-state index is 11.1. The number of hydrogen-bond acceptors (Lipinski definition) is 2. The van der Waals surface area contributed by atoms with Gasteiger partial charge in [-0.2, -0.15) is 0 Å². The molecule has 0 spiro atoms. The molecule has 4 heteroatoms. The van der Waals surface area contributed by atoms with Crippen molar-refractivity contribution in [3.8, 4) is 11.5 Å². The number of methoxy groups -OCH3 is 1. The Morgan fingerprint density at radius 2 is 2.23 bits per heavy atom. The smallest absolute Gasteiger partial charge is 0.307 e. The van der Waals surface area contributed by atoms with E-state index in [-0.39, 0.29) is 17.9 Å². The van der Waals surface area contributed by atoms with Crippen molar-refractivity contribution in [3.63, 3.8) is 0 Å². The van der Waals surface area contributed by atoms with Gasteiger partial charge in [-0.15, -0.1) is 0 Å². The Bertz CT molecular complexity index is 319. The minimum Gasteiger partial charge on any atom is -0.493 e. The van der Waals surface area contributed by atoms with E-state index in [1.165, 1.54) is 19.2 Å². The highest BCUT2D eigenvalue weighted by atomic mass is 16.5. The predicted octanol–water partition coefficient (Wildman–Crippen LogP) is 1.47. The summed E-state index contributed by atoms with van der Waals surface area (Å²) in [6, 6.07) is 4.31. The van der Waals surface area contributed by atoms with E-state index in [1.54, 1.807) is 6.07 Å². The van der Waals surface area contributed by atoms with Crippen LogP contribution in [0.25, 0.3) is 0 Å². The van der Waals surface area contributed by atoms with Gasteiger partial charge in [0.25, 0.3) is 0 Å². The molecule has 0 unspecified atom stereocenters. The van der Waals surface area contributed by atoms with Gasteiger partial charge in [0.1, 0.15) is 0 Å². The van der Waals surface area contributed by atoms with Crippen LogP contribution in [-0.4, -0.2) is 18.2 Å². The molecule has 1 N–H and O–H groups in total. The predicted molar refractivity (Wildman–Crippen MR) is 44.5 cm³/mol. The van der Waals surface area contributed by atoms with E-state index < -0.39 is 5.97 Å². The van der Waals surface area contributed by atoms with Crippen molar-refractivity contribution in [2.24, 2.45) is 0 Å². The van der Waals surface area contributed by atoms with Gasteiger partial charge in [-0.3, -0.25) is 9.90 Å². The van der Waals surface area contributed by atoms with Crippen molar-refractivity contribution in [2.45, 2.75) is 6.42 Å². The van der Waals surface area contributed by atoms with Gasteiger partial charge in [0.2, 0.25) is 5.75 Å². The van der Waals surface area contributed by atoms with Crippen LogP contribution in [0.4, 0.5) is 0 Å². The first kappa shape index (κ1) is 9.38. The van der Waals surface area contributed by atoms with E-state index >= 15 is 0 Å². The van der Waals surface area contributed by atoms with Crippen molar-refractivity contribution < 1.29 is 19.7 Å². The van der Waals surface area contributed by atoms with Crippen LogP contribution in [-0.2, 0) is 16.3 Å². The molecule has 0 aliphatic carbocycles. The SMILES string of the molecule is COc1ccc(CC(=O)O)cc1[O]. The van der Waals surface area contributed by atoms with Gasteiger partial charge in [-0.1, -0.05) is 6.07 Å². The van der Waals surface area contributed by atoms with Crippen molar-refractivity contribution in [1.82, 2.24) is 0 Å². The van der Waals surface area contributed by atoms with E-state index in [0.29, 0.717) is 5.56 Å². The Kier molecular flexibility index (Phi) is 2.74. The van der Waals surface area contributed by atoms with E-state index in [1.807, 2.05) is 0 Å². The summed E-state index contributed by atoms with van der Waals surface area (Å²) in [6.45, 7) is 0. The third kappa shape index (κ3) is 2.37. The molecule has 13 heavy (non-hydrogen) atoms. The third-order valence-corrected chi connectivity index (χ3v) is 1.58. The normalized spacial score (nSPS) is 9.62. The van der Waals surface area contributed by atoms with E-state index in [2.05, 4.69) is 0 Å². The average Bonchev–Trinajstić information content (AvgIpc) is 2.03. The summed E-state index contributed by atoms with van der Waals surface area (Å²) in [5.74, 6) is -1.01. The molecule has 4 nitrogen and oxygen atoms in total. The van der Waals surface area contributed by atoms with E-state index in [9.17, 15) is 9.90 Å². The van der Waals surface area contributed by atoms with Crippen LogP contribution in [0.3, 0.4) is 0 Å². The lowest BCUT2D eigenvalue weighted by atomic mass is 10.1. The quantitative estimate of drug-likeness (QED) is 0.767. The molecule has 0 atom stereocenters. The molecular weight excluding hydrogens is 172 g/mol. The standard InChI is InChI=1S/C9H9O4/c1-13-8-3-2-6(4-7(8)10)5-9(11)12/h2-4H,5H2,1H3,(H,11,12). The van der Waals surface area contributed by atoms with Crippen LogP contribution in [0.1, 0.15) is 5.56 Å². The fourth-order valence-electron chi connectivity index (χ4n) is 1.01. The van der Waals surface area contributed by atoms with Gasteiger partial charge in [0.15, 0.2) is 5.75 Å². The molecule has 0 fully saturated rings. The fourth-order valence-corrected chi connectivity index (χ4v) is 1.01. The Labute approximate surface area is 75.4 Å². The molecule has 0 amide bonds. The minimum atomic E-state index is -0.954. The van der Waals surface area contributed by atoms with Crippen molar-refractivity contribution >= 4 is 5.97 Å². The molecule has 69 valence electrons. The van der Waals surface area contributed by atoms with Crippen LogP contribution in [0.5, 0.6) is 11.5 Å². The zero-order valence-electron chi connectivity index (χ0n) is 7.11. The molecule has 0 aromatic heterocycles. The number of hydrogen-bond donors (Lipinski definition) is 1. The third-order valence-electron chi connectivity index (χ3n) is 1.58. The Morgan fingerprint density at radius 1 is 1.54 bits per heavy atom. The molecule has 0 saturated heterocycles. The molecule has 0 bridgehead atoms. The van der Waals surface area contributed by atoms with Crippen molar-refractivity contribution in [1.29, 1.82) is 0 Å². The van der Waals surface area contributed by atoms with Gasteiger partial charge in [-0.05, 0) is 17.7 Å². The highest BCUT2D eigenvalue weighted by Crippen LogP contribution is 2.26. The fraction of sp³-hybridized carbons (Fsp3) is 0.222. The zero-order valence-corrected chi connectivity index (χ0v) is 7.11. The summed E-state index contributed by atoms with van der Waals surface area (Å²) in [5, 5.41) is 19.6. The van der Waals surface area contributed by atoms with Crippen LogP contribution >= 0.6 is 0 Å². The first-order chi connectivity index (χ1) is 6.13. The summed E-state index contributed by atoms with van der Waals surface area (Å²) in [4.78, 5) is 10.3.